The molecule has 1 amide bonds. The quantitative estimate of drug-likeness (QED) is 0.675. The van der Waals surface area contributed by atoms with Gasteiger partial charge in [0.05, 0.1) is 18.3 Å². The van der Waals surface area contributed by atoms with E-state index in [4.69, 9.17) is 23.2 Å². The third-order valence-corrected chi connectivity index (χ3v) is 3.53. The van der Waals surface area contributed by atoms with Gasteiger partial charge in [-0.15, -0.1) is 0 Å². The molecule has 4 nitrogen and oxygen atoms in total. The summed E-state index contributed by atoms with van der Waals surface area (Å²) in [5.74, 6) is -0.978. The Hall–Kier alpha value is -1.78. The minimum atomic E-state index is -0.588. The molecule has 0 saturated heterocycles. The van der Waals surface area contributed by atoms with Crippen LogP contribution in [0.2, 0.25) is 10.0 Å². The lowest BCUT2D eigenvalue weighted by Gasteiger charge is -2.05. The second kappa shape index (κ2) is 5.69. The normalized spacial score (nSPS) is 16.6. The van der Waals surface area contributed by atoms with Crippen molar-refractivity contribution in [2.75, 3.05) is 7.11 Å². The molecule has 0 atom stereocenters. The van der Waals surface area contributed by atoms with Crippen LogP contribution in [0.15, 0.2) is 35.0 Å². The molecule has 1 aliphatic heterocycles. The summed E-state index contributed by atoms with van der Waals surface area (Å²) in [5, 5.41) is 3.37. The highest BCUT2D eigenvalue weighted by atomic mass is 35.5. The summed E-state index contributed by atoms with van der Waals surface area (Å²) >= 11 is 12.1. The smallest absolute Gasteiger partial charge is 0.340 e. The molecule has 20 heavy (non-hydrogen) atoms. The molecule has 1 aromatic rings. The molecule has 0 spiro atoms. The van der Waals surface area contributed by atoms with Gasteiger partial charge in [0.2, 0.25) is 0 Å². The first kappa shape index (κ1) is 14.6. The Balaban J connectivity index is 2.58. The fraction of sp³-hybridized carbons (Fsp3) is 0.143. The fourth-order valence-electron chi connectivity index (χ4n) is 1.91. The van der Waals surface area contributed by atoms with E-state index >= 15 is 0 Å². The first-order chi connectivity index (χ1) is 9.45. The molecule has 0 saturated carbocycles. The van der Waals surface area contributed by atoms with E-state index in [1.807, 2.05) is 0 Å². The molecule has 0 radical (unpaired) electrons. The van der Waals surface area contributed by atoms with Crippen molar-refractivity contribution in [1.29, 1.82) is 0 Å². The Kier molecular flexibility index (Phi) is 4.16. The van der Waals surface area contributed by atoms with Gasteiger partial charge in [0, 0.05) is 21.3 Å². The Morgan fingerprint density at radius 2 is 1.90 bits per heavy atom. The van der Waals surface area contributed by atoms with Crippen LogP contribution in [0.3, 0.4) is 0 Å². The molecule has 0 bridgehead atoms. The Bertz CT molecular complexity index is 642. The average molecular weight is 312 g/mol. The lowest BCUT2D eigenvalue weighted by molar-refractivity contribution is -0.136. The number of hydrogen-bond acceptors (Lipinski definition) is 3. The first-order valence-corrected chi connectivity index (χ1v) is 6.48. The van der Waals surface area contributed by atoms with Gasteiger partial charge in [0.15, 0.2) is 0 Å². The summed E-state index contributed by atoms with van der Waals surface area (Å²) in [6.07, 6.45) is 1.49. The maximum absolute atomic E-state index is 11.9. The molecular weight excluding hydrogens is 301 g/mol. The van der Waals surface area contributed by atoms with Crippen LogP contribution in [0.25, 0.3) is 6.08 Å². The zero-order chi connectivity index (χ0) is 14.9. The van der Waals surface area contributed by atoms with Gasteiger partial charge in [-0.1, -0.05) is 29.3 Å². The number of amides is 1. The lowest BCUT2D eigenvalue weighted by Crippen LogP contribution is -2.15. The van der Waals surface area contributed by atoms with E-state index in [-0.39, 0.29) is 17.1 Å². The predicted molar refractivity (Wildman–Crippen MR) is 77.3 cm³/mol. The lowest BCUT2D eigenvalue weighted by atomic mass is 10.0. The van der Waals surface area contributed by atoms with Gasteiger partial charge in [-0.3, -0.25) is 4.79 Å². The minimum Gasteiger partial charge on any atom is -0.465 e. The Morgan fingerprint density at radius 1 is 1.30 bits per heavy atom. The monoisotopic (exact) mass is 311 g/mol. The average Bonchev–Trinajstić information content (AvgIpc) is 2.67. The number of allylic oxidation sites excluding steroid dienone is 1. The molecule has 1 aromatic carbocycles. The zero-order valence-corrected chi connectivity index (χ0v) is 12.3. The second-order valence-electron chi connectivity index (χ2n) is 4.14. The number of carbonyl (C=O) groups excluding carboxylic acids is 2. The fourth-order valence-corrected chi connectivity index (χ4v) is 2.42. The van der Waals surface area contributed by atoms with Crippen LogP contribution >= 0.6 is 23.2 Å². The van der Waals surface area contributed by atoms with Crippen molar-refractivity contribution in [2.45, 2.75) is 6.92 Å². The SMILES string of the molecule is COC(=O)C1=C(C)NC(=O)/C1=C\c1c(Cl)cccc1Cl. The summed E-state index contributed by atoms with van der Waals surface area (Å²) in [4.78, 5) is 23.7. The van der Waals surface area contributed by atoms with Crippen LogP contribution in [0, 0.1) is 0 Å². The standard InChI is InChI=1S/C14H11Cl2NO3/c1-7-12(14(19)20-2)9(13(18)17-7)6-8-10(15)4-3-5-11(8)16/h3-6H,1-2H3,(H,17,18)/b9-6-. The van der Waals surface area contributed by atoms with Gasteiger partial charge in [-0.05, 0) is 25.1 Å². The molecule has 0 fully saturated rings. The van der Waals surface area contributed by atoms with E-state index in [9.17, 15) is 9.59 Å². The highest BCUT2D eigenvalue weighted by Crippen LogP contribution is 2.31. The van der Waals surface area contributed by atoms with Crippen LogP contribution in [0.4, 0.5) is 0 Å². The third-order valence-electron chi connectivity index (χ3n) is 2.87. The van der Waals surface area contributed by atoms with Crippen LogP contribution in [-0.2, 0) is 14.3 Å². The number of rotatable bonds is 2. The predicted octanol–water partition coefficient (Wildman–Crippen LogP) is 2.95. The summed E-state index contributed by atoms with van der Waals surface area (Å²) in [6.45, 7) is 1.62. The molecule has 0 unspecified atom stereocenters. The van der Waals surface area contributed by atoms with Crippen molar-refractivity contribution >= 4 is 41.2 Å². The minimum absolute atomic E-state index is 0.185. The molecule has 6 heteroatoms. The van der Waals surface area contributed by atoms with Crippen molar-refractivity contribution in [3.63, 3.8) is 0 Å². The topological polar surface area (TPSA) is 55.4 Å². The van der Waals surface area contributed by atoms with Crippen molar-refractivity contribution in [2.24, 2.45) is 0 Å². The van der Waals surface area contributed by atoms with Gasteiger partial charge in [-0.2, -0.15) is 0 Å². The maximum atomic E-state index is 11.9. The first-order valence-electron chi connectivity index (χ1n) is 5.72. The van der Waals surface area contributed by atoms with Gasteiger partial charge >= 0.3 is 5.97 Å². The van der Waals surface area contributed by atoms with Gasteiger partial charge in [0.25, 0.3) is 5.91 Å². The van der Waals surface area contributed by atoms with Crippen LogP contribution in [0.5, 0.6) is 0 Å². The van der Waals surface area contributed by atoms with Gasteiger partial charge in [-0.25, -0.2) is 4.79 Å². The third kappa shape index (κ3) is 2.57. The zero-order valence-electron chi connectivity index (χ0n) is 10.8. The molecule has 1 heterocycles. The molecular formula is C14H11Cl2NO3. The van der Waals surface area contributed by atoms with E-state index in [0.29, 0.717) is 21.3 Å². The highest BCUT2D eigenvalue weighted by molar-refractivity contribution is 6.37. The largest absolute Gasteiger partial charge is 0.465 e. The van der Waals surface area contributed by atoms with Crippen molar-refractivity contribution < 1.29 is 14.3 Å². The number of halogens is 2. The molecule has 0 aliphatic carbocycles. The number of hydrogen-bond donors (Lipinski definition) is 1. The Morgan fingerprint density at radius 3 is 2.45 bits per heavy atom. The van der Waals surface area contributed by atoms with E-state index in [1.54, 1.807) is 25.1 Å². The number of carbonyl (C=O) groups is 2. The van der Waals surface area contributed by atoms with E-state index in [1.165, 1.54) is 13.2 Å². The van der Waals surface area contributed by atoms with E-state index in [0.717, 1.165) is 0 Å². The second-order valence-corrected chi connectivity index (χ2v) is 4.95. The summed E-state index contributed by atoms with van der Waals surface area (Å²) in [6, 6.07) is 5.01. The highest BCUT2D eigenvalue weighted by Gasteiger charge is 2.30. The Labute approximate surface area is 126 Å². The molecule has 2 rings (SSSR count). The van der Waals surface area contributed by atoms with Gasteiger partial charge < -0.3 is 10.1 Å². The van der Waals surface area contributed by atoms with Crippen LogP contribution < -0.4 is 5.32 Å². The number of benzene rings is 1. The molecule has 1 aliphatic rings. The number of esters is 1. The summed E-state index contributed by atoms with van der Waals surface area (Å²) < 4.78 is 4.69. The van der Waals surface area contributed by atoms with E-state index in [2.05, 4.69) is 10.1 Å². The maximum Gasteiger partial charge on any atom is 0.340 e. The van der Waals surface area contributed by atoms with E-state index < -0.39 is 5.97 Å². The summed E-state index contributed by atoms with van der Waals surface area (Å²) in [5.41, 5.74) is 1.30. The van der Waals surface area contributed by atoms with Crippen LogP contribution in [-0.4, -0.2) is 19.0 Å². The molecule has 1 N–H and O–H groups in total. The number of methoxy groups -OCH3 is 1. The molecule has 104 valence electrons. The van der Waals surface area contributed by atoms with Crippen LogP contribution in [0.1, 0.15) is 12.5 Å². The van der Waals surface area contributed by atoms with Gasteiger partial charge in [0.1, 0.15) is 0 Å². The van der Waals surface area contributed by atoms with Crippen molar-refractivity contribution in [1.82, 2.24) is 5.32 Å². The summed E-state index contributed by atoms with van der Waals surface area (Å²) in [7, 11) is 1.26. The van der Waals surface area contributed by atoms with Crippen molar-refractivity contribution in [3.8, 4) is 0 Å². The molecule has 0 aromatic heterocycles. The van der Waals surface area contributed by atoms with Crippen molar-refractivity contribution in [3.05, 3.63) is 50.7 Å². The number of nitrogens with one attached hydrogen (secondary N) is 1. The number of ether oxygens (including phenoxy) is 1.